The van der Waals surface area contributed by atoms with Gasteiger partial charge < -0.3 is 9.64 Å². The van der Waals surface area contributed by atoms with Gasteiger partial charge >= 0.3 is 5.97 Å². The Labute approximate surface area is 99.2 Å². The fraction of sp³-hybridized carbons (Fsp3) is 0.636. The Morgan fingerprint density at radius 2 is 2.38 bits per heavy atom. The monoisotopic (exact) mass is 240 g/mol. The summed E-state index contributed by atoms with van der Waals surface area (Å²) in [6, 6.07) is 0.524. The van der Waals surface area contributed by atoms with Crippen LogP contribution in [-0.2, 0) is 4.74 Å². The molecule has 0 bridgehead atoms. The van der Waals surface area contributed by atoms with Gasteiger partial charge in [-0.05, 0) is 26.7 Å². The molecule has 1 fully saturated rings. The minimum Gasteiger partial charge on any atom is -0.464 e. The van der Waals surface area contributed by atoms with E-state index >= 15 is 0 Å². The van der Waals surface area contributed by atoms with E-state index in [0.29, 0.717) is 11.7 Å². The molecule has 1 aromatic heterocycles. The molecule has 2 heterocycles. The zero-order valence-corrected chi connectivity index (χ0v) is 10.6. The normalized spacial score (nSPS) is 20.2. The van der Waals surface area contributed by atoms with Crippen molar-refractivity contribution in [2.75, 3.05) is 18.6 Å². The molecule has 0 radical (unpaired) electrons. The number of aromatic nitrogens is 1. The fourth-order valence-electron chi connectivity index (χ4n) is 2.01. The van der Waals surface area contributed by atoms with E-state index in [0.717, 1.165) is 16.6 Å². The van der Waals surface area contributed by atoms with Gasteiger partial charge in [-0.2, -0.15) is 0 Å². The maximum absolute atomic E-state index is 11.4. The summed E-state index contributed by atoms with van der Waals surface area (Å²) in [4.78, 5) is 19.0. The molecule has 4 nitrogen and oxygen atoms in total. The smallest absolute Gasteiger partial charge is 0.357 e. The summed E-state index contributed by atoms with van der Waals surface area (Å²) in [6.45, 7) is 5.14. The Morgan fingerprint density at radius 1 is 1.62 bits per heavy atom. The van der Waals surface area contributed by atoms with Gasteiger partial charge in [-0.3, -0.25) is 0 Å². The van der Waals surface area contributed by atoms with E-state index in [4.69, 9.17) is 4.74 Å². The lowest BCUT2D eigenvalue weighted by Gasteiger charge is -2.19. The third kappa shape index (κ3) is 1.91. The van der Waals surface area contributed by atoms with E-state index in [-0.39, 0.29) is 5.97 Å². The topological polar surface area (TPSA) is 42.4 Å². The summed E-state index contributed by atoms with van der Waals surface area (Å²) in [5, 5.41) is 0.947. The lowest BCUT2D eigenvalue weighted by Crippen LogP contribution is -2.26. The number of ether oxygens (including phenoxy) is 1. The minimum absolute atomic E-state index is 0.341. The van der Waals surface area contributed by atoms with Crippen LogP contribution in [0, 0.1) is 6.92 Å². The number of hydrogen-bond acceptors (Lipinski definition) is 5. The molecular weight excluding hydrogens is 224 g/mol. The highest BCUT2D eigenvalue weighted by Crippen LogP contribution is 2.31. The number of thiazole rings is 1. The van der Waals surface area contributed by atoms with Crippen LogP contribution in [0.1, 0.15) is 35.1 Å². The fourth-order valence-corrected chi connectivity index (χ4v) is 3.03. The Balaban J connectivity index is 2.26. The van der Waals surface area contributed by atoms with E-state index in [2.05, 4.69) is 16.8 Å². The van der Waals surface area contributed by atoms with Crippen LogP contribution in [0.15, 0.2) is 0 Å². The van der Waals surface area contributed by atoms with Crippen LogP contribution in [0.3, 0.4) is 0 Å². The molecule has 1 saturated heterocycles. The van der Waals surface area contributed by atoms with E-state index in [9.17, 15) is 4.79 Å². The van der Waals surface area contributed by atoms with E-state index in [1.807, 2.05) is 6.92 Å². The van der Waals surface area contributed by atoms with Crippen molar-refractivity contribution in [2.45, 2.75) is 32.7 Å². The first kappa shape index (κ1) is 11.4. The Hall–Kier alpha value is -1.10. The summed E-state index contributed by atoms with van der Waals surface area (Å²) in [7, 11) is 1.39. The molecule has 0 saturated carbocycles. The zero-order chi connectivity index (χ0) is 11.7. The molecule has 1 unspecified atom stereocenters. The predicted molar refractivity (Wildman–Crippen MR) is 64.2 cm³/mol. The van der Waals surface area contributed by atoms with Gasteiger partial charge in [-0.1, -0.05) is 0 Å². The summed E-state index contributed by atoms with van der Waals surface area (Å²) in [5.74, 6) is -0.341. The van der Waals surface area contributed by atoms with Crippen molar-refractivity contribution in [1.29, 1.82) is 0 Å². The summed E-state index contributed by atoms with van der Waals surface area (Å²) >= 11 is 1.57. The van der Waals surface area contributed by atoms with Gasteiger partial charge in [0, 0.05) is 17.5 Å². The second-order valence-electron chi connectivity index (χ2n) is 4.08. The van der Waals surface area contributed by atoms with Gasteiger partial charge in [-0.15, -0.1) is 11.3 Å². The molecule has 0 spiro atoms. The Bertz CT molecular complexity index is 403. The van der Waals surface area contributed by atoms with E-state index in [1.165, 1.54) is 20.0 Å². The lowest BCUT2D eigenvalue weighted by molar-refractivity contribution is 0.0594. The van der Waals surface area contributed by atoms with Crippen molar-refractivity contribution in [3.63, 3.8) is 0 Å². The second-order valence-corrected chi connectivity index (χ2v) is 5.26. The highest BCUT2D eigenvalue weighted by Gasteiger charge is 2.25. The highest BCUT2D eigenvalue weighted by molar-refractivity contribution is 7.15. The lowest BCUT2D eigenvalue weighted by atomic mass is 10.2. The van der Waals surface area contributed by atoms with Crippen LogP contribution in [-0.4, -0.2) is 30.6 Å². The van der Waals surface area contributed by atoms with Crippen LogP contribution >= 0.6 is 11.3 Å². The third-order valence-corrected chi connectivity index (χ3v) is 3.97. The number of aryl methyl sites for hydroxylation is 1. The Morgan fingerprint density at radius 3 is 2.94 bits per heavy atom. The van der Waals surface area contributed by atoms with Crippen LogP contribution in [0.4, 0.5) is 5.13 Å². The maximum Gasteiger partial charge on any atom is 0.357 e. The molecule has 0 N–H and O–H groups in total. The van der Waals surface area contributed by atoms with Crippen LogP contribution in [0.25, 0.3) is 0 Å². The van der Waals surface area contributed by atoms with Crippen molar-refractivity contribution in [3.05, 3.63) is 10.6 Å². The number of carbonyl (C=O) groups excluding carboxylic acids is 1. The first-order chi connectivity index (χ1) is 7.63. The molecule has 0 aromatic carbocycles. The molecule has 1 atom stereocenters. The number of esters is 1. The van der Waals surface area contributed by atoms with E-state index < -0.39 is 0 Å². The van der Waals surface area contributed by atoms with Crippen LogP contribution < -0.4 is 4.90 Å². The number of anilines is 1. The first-order valence-electron chi connectivity index (χ1n) is 5.46. The number of hydrogen-bond donors (Lipinski definition) is 0. The van der Waals surface area contributed by atoms with Crippen molar-refractivity contribution in [1.82, 2.24) is 4.98 Å². The van der Waals surface area contributed by atoms with Gasteiger partial charge in [0.05, 0.1) is 7.11 Å². The first-order valence-corrected chi connectivity index (χ1v) is 6.27. The summed E-state index contributed by atoms with van der Waals surface area (Å²) < 4.78 is 4.71. The largest absolute Gasteiger partial charge is 0.464 e. The number of rotatable bonds is 2. The van der Waals surface area contributed by atoms with Crippen molar-refractivity contribution in [3.8, 4) is 0 Å². The molecule has 2 rings (SSSR count). The molecule has 0 aliphatic carbocycles. The number of carbonyl (C=O) groups is 1. The average Bonchev–Trinajstić information content (AvgIpc) is 2.83. The minimum atomic E-state index is -0.341. The molecule has 88 valence electrons. The molecular formula is C11H16N2O2S. The average molecular weight is 240 g/mol. The van der Waals surface area contributed by atoms with Gasteiger partial charge in [0.25, 0.3) is 0 Å². The van der Waals surface area contributed by atoms with Crippen molar-refractivity contribution >= 4 is 22.4 Å². The SMILES string of the molecule is COC(=O)c1nc(N2CCCC2C)sc1C. The molecule has 16 heavy (non-hydrogen) atoms. The summed E-state index contributed by atoms with van der Waals surface area (Å²) in [5.41, 5.74) is 0.460. The molecule has 5 heteroatoms. The van der Waals surface area contributed by atoms with Gasteiger partial charge in [-0.25, -0.2) is 9.78 Å². The maximum atomic E-state index is 11.4. The molecule has 1 aromatic rings. The number of nitrogens with zero attached hydrogens (tertiary/aromatic N) is 2. The molecule has 1 aliphatic heterocycles. The van der Waals surface area contributed by atoms with Crippen LogP contribution in [0.5, 0.6) is 0 Å². The van der Waals surface area contributed by atoms with Crippen molar-refractivity contribution in [2.24, 2.45) is 0 Å². The Kier molecular flexibility index (Phi) is 3.14. The molecule has 0 amide bonds. The molecule has 1 aliphatic rings. The standard InChI is InChI=1S/C11H16N2O2S/c1-7-5-4-6-13(7)11-12-9(8(2)16-11)10(14)15-3/h7H,4-6H2,1-3H3. The van der Waals surface area contributed by atoms with Gasteiger partial charge in [0.15, 0.2) is 10.8 Å². The summed E-state index contributed by atoms with van der Waals surface area (Å²) in [6.07, 6.45) is 2.40. The number of methoxy groups -OCH3 is 1. The van der Waals surface area contributed by atoms with Gasteiger partial charge in [0.1, 0.15) is 0 Å². The predicted octanol–water partition coefficient (Wildman–Crippen LogP) is 2.23. The third-order valence-electron chi connectivity index (χ3n) is 2.96. The second kappa shape index (κ2) is 4.41. The van der Waals surface area contributed by atoms with Crippen LogP contribution in [0.2, 0.25) is 0 Å². The van der Waals surface area contributed by atoms with Gasteiger partial charge in [0.2, 0.25) is 0 Å². The highest BCUT2D eigenvalue weighted by atomic mass is 32.1. The van der Waals surface area contributed by atoms with Crippen molar-refractivity contribution < 1.29 is 9.53 Å². The zero-order valence-electron chi connectivity index (χ0n) is 9.82. The quantitative estimate of drug-likeness (QED) is 0.743. The van der Waals surface area contributed by atoms with E-state index in [1.54, 1.807) is 11.3 Å².